The minimum absolute atomic E-state index is 0.0219. The Morgan fingerprint density at radius 1 is 1.12 bits per heavy atom. The molecule has 3 N–H and O–H groups in total. The van der Waals surface area contributed by atoms with Crippen molar-refractivity contribution in [3.63, 3.8) is 0 Å². The van der Waals surface area contributed by atoms with Gasteiger partial charge in [0, 0.05) is 55.6 Å². The standard InChI is InChI=1S/C38H56N10O4/c1-25(2)35(52-36(49)37(5,6)7)48-34(45-46-47-48)22-51-21-27(4)42-28-11-13-29(14-12-28)43-33-19-30(26(3)20-40-33)31-9-8-10-32(44-31)41-24-38(23-39)15-17-50-18-16-38/h8-10,19-20,25,27-29,35,42H,11-18,21-22,24H2,1-7H3,(H,40,43)(H,41,44)/t27-,28?,29?,35+/m1/s1. The summed E-state index contributed by atoms with van der Waals surface area (Å²) in [4.78, 5) is 22.2. The number of carbonyl (C=O) groups excluding carboxylic acids is 1. The van der Waals surface area contributed by atoms with Crippen LogP contribution in [0.25, 0.3) is 11.3 Å². The van der Waals surface area contributed by atoms with Crippen LogP contribution in [-0.2, 0) is 25.6 Å². The first-order valence-corrected chi connectivity index (χ1v) is 18.6. The average Bonchev–Trinajstić information content (AvgIpc) is 3.59. The molecule has 52 heavy (non-hydrogen) atoms. The predicted molar refractivity (Wildman–Crippen MR) is 198 cm³/mol. The highest BCUT2D eigenvalue weighted by molar-refractivity contribution is 5.75. The third-order valence-electron chi connectivity index (χ3n) is 9.83. The molecule has 1 aliphatic carbocycles. The van der Waals surface area contributed by atoms with Crippen molar-refractivity contribution in [3.05, 3.63) is 41.9 Å². The molecule has 1 saturated heterocycles. The molecule has 0 unspecified atom stereocenters. The average molecular weight is 717 g/mol. The van der Waals surface area contributed by atoms with Crippen LogP contribution in [0.15, 0.2) is 30.5 Å². The van der Waals surface area contributed by atoms with Gasteiger partial charge in [-0.15, -0.1) is 5.10 Å². The summed E-state index contributed by atoms with van der Waals surface area (Å²) >= 11 is 0. The second-order valence-electron chi connectivity index (χ2n) is 15.8. The highest BCUT2D eigenvalue weighted by Gasteiger charge is 2.33. The number of ether oxygens (including phenoxy) is 3. The van der Waals surface area contributed by atoms with Crippen LogP contribution in [0.5, 0.6) is 0 Å². The monoisotopic (exact) mass is 716 g/mol. The minimum Gasteiger partial charge on any atom is -0.439 e. The van der Waals surface area contributed by atoms with Crippen molar-refractivity contribution in [2.45, 2.75) is 118 Å². The number of nitrogens with one attached hydrogen (secondary N) is 3. The molecule has 4 heterocycles. The molecular weight excluding hydrogens is 660 g/mol. The molecule has 0 amide bonds. The molecule has 2 fully saturated rings. The first-order valence-electron chi connectivity index (χ1n) is 18.6. The van der Waals surface area contributed by atoms with E-state index >= 15 is 0 Å². The maximum Gasteiger partial charge on any atom is 0.313 e. The molecule has 282 valence electrons. The summed E-state index contributed by atoms with van der Waals surface area (Å²) in [6.07, 6.45) is 6.88. The molecule has 0 bridgehead atoms. The Labute approximate surface area is 307 Å². The van der Waals surface area contributed by atoms with Crippen LogP contribution in [0.1, 0.15) is 97.7 Å². The van der Waals surface area contributed by atoms with E-state index in [1.165, 1.54) is 0 Å². The smallest absolute Gasteiger partial charge is 0.313 e. The maximum atomic E-state index is 12.6. The molecule has 1 aliphatic heterocycles. The van der Waals surface area contributed by atoms with E-state index in [0.717, 1.165) is 67.0 Å². The van der Waals surface area contributed by atoms with E-state index in [0.29, 0.717) is 44.3 Å². The van der Waals surface area contributed by atoms with E-state index in [2.05, 4.69) is 57.5 Å². The lowest BCUT2D eigenvalue weighted by Crippen LogP contribution is -2.43. The Hall–Kier alpha value is -4.19. The molecular formula is C38H56N10O4. The number of esters is 1. The van der Waals surface area contributed by atoms with Gasteiger partial charge in [-0.05, 0) is 107 Å². The molecule has 0 radical (unpaired) electrons. The summed E-state index contributed by atoms with van der Waals surface area (Å²) in [5.74, 6) is 1.80. The Morgan fingerprint density at radius 2 is 1.85 bits per heavy atom. The largest absolute Gasteiger partial charge is 0.439 e. The van der Waals surface area contributed by atoms with Gasteiger partial charge >= 0.3 is 5.97 Å². The number of nitrogens with zero attached hydrogens (tertiary/aromatic N) is 7. The van der Waals surface area contributed by atoms with Gasteiger partial charge in [0.1, 0.15) is 18.2 Å². The Kier molecular flexibility index (Phi) is 13.2. The zero-order chi connectivity index (χ0) is 37.3. The molecule has 3 aromatic heterocycles. The van der Waals surface area contributed by atoms with Crippen molar-refractivity contribution in [3.8, 4) is 17.3 Å². The van der Waals surface area contributed by atoms with Crippen molar-refractivity contribution in [1.29, 1.82) is 5.26 Å². The molecule has 0 aromatic carbocycles. The summed E-state index contributed by atoms with van der Waals surface area (Å²) in [5.41, 5.74) is 1.90. The van der Waals surface area contributed by atoms with Crippen molar-refractivity contribution in [1.82, 2.24) is 35.5 Å². The van der Waals surface area contributed by atoms with Gasteiger partial charge in [-0.3, -0.25) is 4.79 Å². The third kappa shape index (κ3) is 10.5. The van der Waals surface area contributed by atoms with Crippen molar-refractivity contribution >= 4 is 17.6 Å². The fraction of sp³-hybridized carbons (Fsp3) is 0.658. The Morgan fingerprint density at radius 3 is 2.54 bits per heavy atom. The van der Waals surface area contributed by atoms with Crippen molar-refractivity contribution in [2.24, 2.45) is 16.7 Å². The molecule has 14 nitrogen and oxygen atoms in total. The molecule has 2 aliphatic rings. The van der Waals surface area contributed by atoms with Gasteiger partial charge in [0.25, 0.3) is 0 Å². The Balaban J connectivity index is 1.07. The van der Waals surface area contributed by atoms with E-state index in [1.54, 1.807) is 4.68 Å². The van der Waals surface area contributed by atoms with Gasteiger partial charge in [-0.25, -0.2) is 9.97 Å². The van der Waals surface area contributed by atoms with Gasteiger partial charge in [0.2, 0.25) is 6.23 Å². The fourth-order valence-electron chi connectivity index (χ4n) is 6.56. The van der Waals surface area contributed by atoms with Crippen LogP contribution in [0.3, 0.4) is 0 Å². The summed E-state index contributed by atoms with van der Waals surface area (Å²) < 4.78 is 18.8. The van der Waals surface area contributed by atoms with Crippen molar-refractivity contribution in [2.75, 3.05) is 37.0 Å². The molecule has 2 atom stereocenters. The van der Waals surface area contributed by atoms with Crippen LogP contribution in [0, 0.1) is 35.0 Å². The van der Waals surface area contributed by atoms with E-state index in [9.17, 15) is 10.1 Å². The lowest BCUT2D eigenvalue weighted by molar-refractivity contribution is -0.168. The zero-order valence-corrected chi connectivity index (χ0v) is 31.8. The number of rotatable bonds is 15. The highest BCUT2D eigenvalue weighted by Crippen LogP contribution is 2.31. The summed E-state index contributed by atoms with van der Waals surface area (Å²) in [7, 11) is 0. The molecule has 0 spiro atoms. The number of anilines is 2. The molecule has 1 saturated carbocycles. The second-order valence-corrected chi connectivity index (χ2v) is 15.8. The number of carbonyl (C=O) groups is 1. The number of aromatic nitrogens is 6. The SMILES string of the molecule is Cc1cnc(NC2CCC(N[C@H](C)COCc3nnnn3[C@@H](OC(=O)C(C)(C)C)C(C)C)CC2)cc1-c1cccc(NCC2(C#N)CCOCC2)n1. The number of tetrazole rings is 1. The summed E-state index contributed by atoms with van der Waals surface area (Å²) in [6.45, 7) is 16.1. The van der Waals surface area contributed by atoms with E-state index in [-0.39, 0.29) is 24.5 Å². The number of pyridine rings is 2. The number of hydrogen-bond acceptors (Lipinski definition) is 13. The van der Waals surface area contributed by atoms with Gasteiger partial charge < -0.3 is 30.2 Å². The minimum atomic E-state index is -0.631. The lowest BCUT2D eigenvalue weighted by Gasteiger charge is -2.32. The number of nitriles is 1. The maximum absolute atomic E-state index is 12.6. The number of aryl methyl sites for hydroxylation is 1. The quantitative estimate of drug-likeness (QED) is 0.160. The van der Waals surface area contributed by atoms with Crippen LogP contribution >= 0.6 is 0 Å². The van der Waals surface area contributed by atoms with Gasteiger partial charge in [-0.2, -0.15) is 9.94 Å². The normalized spacial score (nSPS) is 20.1. The summed E-state index contributed by atoms with van der Waals surface area (Å²) in [6, 6.07) is 11.4. The molecule has 3 aromatic rings. The van der Waals surface area contributed by atoms with Crippen LogP contribution in [-0.4, -0.2) is 80.6 Å². The fourth-order valence-corrected chi connectivity index (χ4v) is 6.56. The molecule has 5 rings (SSSR count). The zero-order valence-electron chi connectivity index (χ0n) is 31.8. The van der Waals surface area contributed by atoms with Gasteiger partial charge in [0.15, 0.2) is 5.82 Å². The van der Waals surface area contributed by atoms with Gasteiger partial charge in [-0.1, -0.05) is 19.9 Å². The van der Waals surface area contributed by atoms with Crippen LogP contribution in [0.4, 0.5) is 11.6 Å². The molecule has 14 heteroatoms. The summed E-state index contributed by atoms with van der Waals surface area (Å²) in [5, 5.41) is 32.7. The second kappa shape index (κ2) is 17.6. The first kappa shape index (κ1) is 39.0. The first-order chi connectivity index (χ1) is 24.9. The third-order valence-corrected chi connectivity index (χ3v) is 9.83. The van der Waals surface area contributed by atoms with E-state index in [1.807, 2.05) is 59.0 Å². The Bertz CT molecular complexity index is 1650. The van der Waals surface area contributed by atoms with E-state index < -0.39 is 17.1 Å². The van der Waals surface area contributed by atoms with Crippen molar-refractivity contribution < 1.29 is 19.0 Å². The topological polar surface area (TPSA) is 174 Å². The predicted octanol–water partition coefficient (Wildman–Crippen LogP) is 5.83. The van der Waals surface area contributed by atoms with Gasteiger partial charge in [0.05, 0.1) is 29.2 Å². The highest BCUT2D eigenvalue weighted by atomic mass is 16.6. The lowest BCUT2D eigenvalue weighted by atomic mass is 9.82. The van der Waals surface area contributed by atoms with E-state index in [4.69, 9.17) is 24.2 Å². The number of hydrogen-bond donors (Lipinski definition) is 3. The van der Waals surface area contributed by atoms with Crippen LogP contribution < -0.4 is 16.0 Å². The van der Waals surface area contributed by atoms with Crippen LogP contribution in [0.2, 0.25) is 0 Å².